The van der Waals surface area contributed by atoms with E-state index >= 15 is 0 Å². The number of piperazine rings is 1. The Bertz CT molecular complexity index is 834. The number of unbranched alkanes of at least 4 members (excludes halogenated alkanes) is 1. The third kappa shape index (κ3) is 4.21. The number of ether oxygens (including phenoxy) is 1. The molecule has 1 fully saturated rings. The van der Waals surface area contributed by atoms with E-state index in [4.69, 9.17) is 14.7 Å². The van der Waals surface area contributed by atoms with Crippen molar-refractivity contribution in [2.75, 3.05) is 38.7 Å². The molecule has 7 heteroatoms. The topological polar surface area (TPSA) is 61.8 Å². The van der Waals surface area contributed by atoms with Crippen LogP contribution in [0.4, 0.5) is 16.4 Å². The van der Waals surface area contributed by atoms with Crippen LogP contribution in [-0.2, 0) is 11.2 Å². The lowest BCUT2D eigenvalue weighted by Crippen LogP contribution is -2.53. The van der Waals surface area contributed by atoms with Gasteiger partial charge in [-0.05, 0) is 31.4 Å². The van der Waals surface area contributed by atoms with Crippen LogP contribution in [0, 0.1) is 0 Å². The Labute approximate surface area is 171 Å². The minimum Gasteiger partial charge on any atom is -0.385 e. The summed E-state index contributed by atoms with van der Waals surface area (Å²) in [5.41, 5.74) is 3.03. The van der Waals surface area contributed by atoms with Crippen molar-refractivity contribution in [2.45, 2.75) is 38.6 Å². The highest BCUT2D eigenvalue weighted by atomic mass is 32.1. The van der Waals surface area contributed by atoms with Gasteiger partial charge in [-0.1, -0.05) is 25.5 Å². The second kappa shape index (κ2) is 9.03. The molecule has 0 radical (unpaired) electrons. The zero-order chi connectivity index (χ0) is 19.3. The molecule has 0 bridgehead atoms. The highest BCUT2D eigenvalue weighted by Crippen LogP contribution is 2.38. The van der Waals surface area contributed by atoms with Gasteiger partial charge in [0.25, 0.3) is 0 Å². The summed E-state index contributed by atoms with van der Waals surface area (Å²) in [6, 6.07) is 8.67. The van der Waals surface area contributed by atoms with E-state index in [9.17, 15) is 0 Å². The number of hydrogen-bond acceptors (Lipinski definition) is 7. The average molecular weight is 400 g/mol. The molecule has 1 atom stereocenters. The maximum Gasteiger partial charge on any atom is 0.158 e. The third-order valence-electron chi connectivity index (χ3n) is 5.23. The molecular weight excluding hydrogens is 370 g/mol. The molecule has 1 aromatic carbocycles. The number of methoxy groups -OCH3 is 1. The van der Waals surface area contributed by atoms with Gasteiger partial charge < -0.3 is 20.3 Å². The van der Waals surface area contributed by atoms with E-state index in [1.165, 1.54) is 17.8 Å². The molecule has 0 unspecified atom stereocenters. The predicted octanol–water partition coefficient (Wildman–Crippen LogP) is 3.93. The Morgan fingerprint density at radius 3 is 3.07 bits per heavy atom. The molecule has 2 aliphatic rings. The number of rotatable bonds is 6. The van der Waals surface area contributed by atoms with Crippen LogP contribution in [0.15, 0.2) is 29.3 Å². The summed E-state index contributed by atoms with van der Waals surface area (Å²) in [4.78, 5) is 12.5. The average Bonchev–Trinajstić information content (AvgIpc) is 3.05. The number of fused-ring (bicyclic) bond motifs is 2. The number of nitrogens with zero attached hydrogens (tertiary/aromatic N) is 3. The quantitative estimate of drug-likeness (QED) is 0.771. The predicted molar refractivity (Wildman–Crippen MR) is 117 cm³/mol. The first-order valence-electron chi connectivity index (χ1n) is 10.2. The Kier molecular flexibility index (Phi) is 6.24. The molecule has 0 amide bonds. The van der Waals surface area contributed by atoms with Crippen molar-refractivity contribution in [1.29, 1.82) is 0 Å². The monoisotopic (exact) mass is 399 g/mol. The number of aliphatic imine (C=N–C) groups is 1. The standard InChI is InChI=1S/C21H29N5OS/c1-3-4-9-18-25-19-20(26-12-11-22-15(14-26)10-13-27-2)23-16-7-5-6-8-17(16)24-21(19)28-18/h5-8,15,22,24H,3-4,9-14H2,1-2H3/t15-/m0/s1. The number of thiazole rings is 1. The molecule has 28 heavy (non-hydrogen) atoms. The van der Waals surface area contributed by atoms with Crippen LogP contribution in [0.2, 0.25) is 0 Å². The van der Waals surface area contributed by atoms with Crippen LogP contribution in [-0.4, -0.2) is 55.1 Å². The van der Waals surface area contributed by atoms with Gasteiger partial charge in [-0.15, -0.1) is 11.3 Å². The molecule has 3 heterocycles. The van der Waals surface area contributed by atoms with Crippen LogP contribution in [0.5, 0.6) is 0 Å². The molecule has 0 spiro atoms. The smallest absolute Gasteiger partial charge is 0.158 e. The van der Waals surface area contributed by atoms with Crippen molar-refractivity contribution in [1.82, 2.24) is 15.2 Å². The highest BCUT2D eigenvalue weighted by molar-refractivity contribution is 7.16. The van der Waals surface area contributed by atoms with Crippen LogP contribution < -0.4 is 10.6 Å². The van der Waals surface area contributed by atoms with Gasteiger partial charge in [-0.3, -0.25) is 0 Å². The van der Waals surface area contributed by atoms with E-state index in [-0.39, 0.29) is 0 Å². The molecule has 6 nitrogen and oxygen atoms in total. The number of anilines is 2. The summed E-state index contributed by atoms with van der Waals surface area (Å²) in [7, 11) is 1.76. The highest BCUT2D eigenvalue weighted by Gasteiger charge is 2.28. The Hall–Kier alpha value is -1.96. The van der Waals surface area contributed by atoms with Crippen molar-refractivity contribution >= 4 is 33.5 Å². The van der Waals surface area contributed by atoms with E-state index in [2.05, 4.69) is 40.7 Å². The second-order valence-electron chi connectivity index (χ2n) is 7.34. The normalized spacial score (nSPS) is 18.7. The molecule has 0 aliphatic carbocycles. The fraction of sp³-hybridized carbons (Fsp3) is 0.524. The second-order valence-corrected chi connectivity index (χ2v) is 8.43. The lowest BCUT2D eigenvalue weighted by molar-refractivity contribution is 0.168. The Balaban J connectivity index is 1.67. The number of amidine groups is 1. The first-order valence-corrected chi connectivity index (χ1v) is 11.0. The molecule has 1 saturated heterocycles. The van der Waals surface area contributed by atoms with Crippen molar-refractivity contribution < 1.29 is 4.74 Å². The van der Waals surface area contributed by atoms with Crippen LogP contribution in [0.1, 0.15) is 36.9 Å². The van der Waals surface area contributed by atoms with Crippen molar-refractivity contribution in [3.63, 3.8) is 0 Å². The lowest BCUT2D eigenvalue weighted by Gasteiger charge is -2.35. The number of aryl methyl sites for hydroxylation is 1. The van der Waals surface area contributed by atoms with Gasteiger partial charge >= 0.3 is 0 Å². The van der Waals surface area contributed by atoms with Gasteiger partial charge in [0.05, 0.1) is 16.4 Å². The molecule has 4 rings (SSSR count). The van der Waals surface area contributed by atoms with Crippen molar-refractivity contribution in [3.8, 4) is 0 Å². The minimum absolute atomic E-state index is 0.407. The number of nitrogens with one attached hydrogen (secondary N) is 2. The molecule has 2 N–H and O–H groups in total. The zero-order valence-corrected chi connectivity index (χ0v) is 17.5. The maximum atomic E-state index is 5.28. The van der Waals surface area contributed by atoms with Gasteiger partial charge in [0.2, 0.25) is 0 Å². The molecule has 0 saturated carbocycles. The summed E-state index contributed by atoms with van der Waals surface area (Å²) < 4.78 is 5.28. The van der Waals surface area contributed by atoms with E-state index in [1.54, 1.807) is 18.4 Å². The first-order chi connectivity index (χ1) is 13.8. The Morgan fingerprint density at radius 1 is 1.32 bits per heavy atom. The molecule has 2 aliphatic heterocycles. The molecule has 2 aromatic rings. The summed E-state index contributed by atoms with van der Waals surface area (Å²) in [5, 5.41) is 9.50. The zero-order valence-electron chi connectivity index (χ0n) is 16.7. The van der Waals surface area contributed by atoms with Crippen LogP contribution >= 0.6 is 11.3 Å². The molecular formula is C21H29N5OS. The summed E-state index contributed by atoms with van der Waals surface area (Å²) in [5.74, 6) is 0.996. The van der Waals surface area contributed by atoms with E-state index in [1.807, 2.05) is 6.07 Å². The van der Waals surface area contributed by atoms with Crippen molar-refractivity contribution in [3.05, 3.63) is 35.0 Å². The van der Waals surface area contributed by atoms with Gasteiger partial charge in [-0.2, -0.15) is 0 Å². The third-order valence-corrected chi connectivity index (χ3v) is 6.26. The SMILES string of the molecule is CCCCc1nc2c(s1)Nc1ccccc1N=C2N1CCN[C@@H](CCOC)C1. The lowest BCUT2D eigenvalue weighted by atomic mass is 10.1. The number of benzene rings is 1. The van der Waals surface area contributed by atoms with Gasteiger partial charge in [0, 0.05) is 39.4 Å². The minimum atomic E-state index is 0.407. The van der Waals surface area contributed by atoms with Crippen LogP contribution in [0.3, 0.4) is 0 Å². The molecule has 1 aromatic heterocycles. The maximum absolute atomic E-state index is 5.28. The first kappa shape index (κ1) is 19.4. The summed E-state index contributed by atoms with van der Waals surface area (Å²) in [6.45, 7) is 5.80. The number of aromatic nitrogens is 1. The van der Waals surface area contributed by atoms with E-state index in [0.29, 0.717) is 6.04 Å². The van der Waals surface area contributed by atoms with E-state index in [0.717, 1.165) is 67.0 Å². The van der Waals surface area contributed by atoms with Gasteiger partial charge in [0.1, 0.15) is 10.7 Å². The summed E-state index contributed by atoms with van der Waals surface area (Å²) >= 11 is 1.77. The van der Waals surface area contributed by atoms with Gasteiger partial charge in [0.15, 0.2) is 5.84 Å². The van der Waals surface area contributed by atoms with Crippen LogP contribution in [0.25, 0.3) is 0 Å². The van der Waals surface area contributed by atoms with E-state index < -0.39 is 0 Å². The van der Waals surface area contributed by atoms with Gasteiger partial charge in [-0.25, -0.2) is 9.98 Å². The fourth-order valence-corrected chi connectivity index (χ4v) is 4.71. The Morgan fingerprint density at radius 2 is 2.21 bits per heavy atom. The van der Waals surface area contributed by atoms with Crippen molar-refractivity contribution in [2.24, 2.45) is 4.99 Å². The fourth-order valence-electron chi connectivity index (χ4n) is 3.69. The summed E-state index contributed by atoms with van der Waals surface area (Å²) in [6.07, 6.45) is 4.38. The number of para-hydroxylation sites is 2. The molecule has 150 valence electrons. The number of hydrogen-bond donors (Lipinski definition) is 2. The largest absolute Gasteiger partial charge is 0.385 e.